The summed E-state index contributed by atoms with van der Waals surface area (Å²) in [6, 6.07) is 8.00. The van der Waals surface area contributed by atoms with E-state index in [1.54, 1.807) is 29.1 Å². The van der Waals surface area contributed by atoms with Gasteiger partial charge in [0.25, 0.3) is 11.6 Å². The molecule has 1 amide bonds. The van der Waals surface area contributed by atoms with Crippen LogP contribution in [0.25, 0.3) is 11.0 Å². The number of amides is 1. The maximum Gasteiger partial charge on any atom is 0.269 e. The van der Waals surface area contributed by atoms with Gasteiger partial charge in [-0.2, -0.15) is 5.10 Å². The monoisotopic (exact) mass is 339 g/mol. The van der Waals surface area contributed by atoms with Crippen molar-refractivity contribution in [3.05, 3.63) is 64.0 Å². The molecule has 0 atom stereocenters. The number of hydrogen-bond acceptors (Lipinski definition) is 5. The molecule has 0 saturated heterocycles. The third kappa shape index (κ3) is 3.47. The third-order valence-electron chi connectivity index (χ3n) is 3.78. The van der Waals surface area contributed by atoms with Gasteiger partial charge in [-0.05, 0) is 25.5 Å². The zero-order chi connectivity index (χ0) is 18.0. The summed E-state index contributed by atoms with van der Waals surface area (Å²) in [5.74, 6) is -0.259. The molecule has 8 heteroatoms. The predicted octanol–water partition coefficient (Wildman–Crippen LogP) is 2.85. The average molecular weight is 339 g/mol. The molecular weight excluding hydrogens is 322 g/mol. The lowest BCUT2D eigenvalue weighted by molar-refractivity contribution is -0.384. The zero-order valence-electron chi connectivity index (χ0n) is 13.8. The van der Waals surface area contributed by atoms with Gasteiger partial charge in [0.2, 0.25) is 0 Å². The Morgan fingerprint density at radius 2 is 2.00 bits per heavy atom. The Morgan fingerprint density at radius 3 is 2.64 bits per heavy atom. The summed E-state index contributed by atoms with van der Waals surface area (Å²) < 4.78 is 1.80. The molecule has 0 aliphatic carbocycles. The molecule has 0 fully saturated rings. The minimum absolute atomic E-state index is 0.0203. The molecule has 0 aliphatic heterocycles. The first-order valence-corrected chi connectivity index (χ1v) is 7.80. The summed E-state index contributed by atoms with van der Waals surface area (Å²) >= 11 is 0. The van der Waals surface area contributed by atoms with E-state index in [4.69, 9.17) is 0 Å². The van der Waals surface area contributed by atoms with E-state index < -0.39 is 4.92 Å². The molecule has 3 rings (SSSR count). The highest BCUT2D eigenvalue weighted by molar-refractivity contribution is 5.96. The van der Waals surface area contributed by atoms with E-state index in [0.29, 0.717) is 5.56 Å². The normalized spacial score (nSPS) is 11.0. The first-order valence-electron chi connectivity index (χ1n) is 7.80. The summed E-state index contributed by atoms with van der Waals surface area (Å²) in [5.41, 5.74) is 1.98. The van der Waals surface area contributed by atoms with Gasteiger partial charge >= 0.3 is 0 Å². The van der Waals surface area contributed by atoms with Crippen LogP contribution in [0.3, 0.4) is 0 Å². The quantitative estimate of drug-likeness (QED) is 0.569. The van der Waals surface area contributed by atoms with E-state index in [0.717, 1.165) is 16.6 Å². The van der Waals surface area contributed by atoms with Gasteiger partial charge in [0.1, 0.15) is 0 Å². The van der Waals surface area contributed by atoms with E-state index in [2.05, 4.69) is 15.4 Å². The summed E-state index contributed by atoms with van der Waals surface area (Å²) in [7, 11) is 0. The number of nitrogens with one attached hydrogen (secondary N) is 1. The standard InChI is InChI=1S/C17H17N5O3/c1-11(2)21-16-13(10-20-21)7-14(9-18-16)17(23)19-8-12-3-5-15(6-4-12)22(24)25/h3-7,9-11H,8H2,1-2H3,(H,19,23). The lowest BCUT2D eigenvalue weighted by atomic mass is 10.2. The molecule has 0 saturated carbocycles. The van der Waals surface area contributed by atoms with E-state index in [1.165, 1.54) is 18.3 Å². The third-order valence-corrected chi connectivity index (χ3v) is 3.78. The van der Waals surface area contributed by atoms with Gasteiger partial charge in [0, 0.05) is 36.3 Å². The van der Waals surface area contributed by atoms with Crippen LogP contribution in [0, 0.1) is 10.1 Å². The molecule has 128 valence electrons. The molecular formula is C17H17N5O3. The van der Waals surface area contributed by atoms with E-state index in [-0.39, 0.29) is 24.2 Å². The number of carbonyl (C=O) groups excluding carboxylic acids is 1. The molecule has 0 unspecified atom stereocenters. The maximum atomic E-state index is 12.3. The van der Waals surface area contributed by atoms with E-state index in [9.17, 15) is 14.9 Å². The van der Waals surface area contributed by atoms with Crippen LogP contribution in [0.1, 0.15) is 35.8 Å². The molecule has 1 N–H and O–H groups in total. The van der Waals surface area contributed by atoms with Gasteiger partial charge in [-0.15, -0.1) is 0 Å². The molecule has 0 spiro atoms. The lowest BCUT2D eigenvalue weighted by Gasteiger charge is -2.07. The number of fused-ring (bicyclic) bond motifs is 1. The molecule has 3 aromatic rings. The van der Waals surface area contributed by atoms with Crippen molar-refractivity contribution in [2.75, 3.05) is 0 Å². The Morgan fingerprint density at radius 1 is 1.28 bits per heavy atom. The smallest absolute Gasteiger partial charge is 0.269 e. The average Bonchev–Trinajstić information content (AvgIpc) is 3.03. The van der Waals surface area contributed by atoms with Crippen molar-refractivity contribution < 1.29 is 9.72 Å². The minimum atomic E-state index is -0.458. The van der Waals surface area contributed by atoms with Gasteiger partial charge in [-0.25, -0.2) is 9.67 Å². The summed E-state index contributed by atoms with van der Waals surface area (Å²) in [4.78, 5) is 26.8. The highest BCUT2D eigenvalue weighted by Gasteiger charge is 2.12. The fourth-order valence-electron chi connectivity index (χ4n) is 2.46. The second-order valence-electron chi connectivity index (χ2n) is 5.93. The van der Waals surface area contributed by atoms with Gasteiger partial charge in [-0.3, -0.25) is 14.9 Å². The lowest BCUT2D eigenvalue weighted by Crippen LogP contribution is -2.22. The molecule has 2 aromatic heterocycles. The fraction of sp³-hybridized carbons (Fsp3) is 0.235. The van der Waals surface area contributed by atoms with Crippen molar-refractivity contribution in [3.63, 3.8) is 0 Å². The number of nitro groups is 1. The number of rotatable bonds is 5. The molecule has 25 heavy (non-hydrogen) atoms. The zero-order valence-corrected chi connectivity index (χ0v) is 13.8. The Kier molecular flexibility index (Phi) is 4.42. The van der Waals surface area contributed by atoms with Crippen molar-refractivity contribution in [3.8, 4) is 0 Å². The Balaban J connectivity index is 1.70. The van der Waals surface area contributed by atoms with Crippen LogP contribution in [0.4, 0.5) is 5.69 Å². The highest BCUT2D eigenvalue weighted by atomic mass is 16.6. The fourth-order valence-corrected chi connectivity index (χ4v) is 2.46. The van der Waals surface area contributed by atoms with Crippen LogP contribution in [0.2, 0.25) is 0 Å². The topological polar surface area (TPSA) is 103 Å². The highest BCUT2D eigenvalue weighted by Crippen LogP contribution is 2.17. The molecule has 1 aromatic carbocycles. The first kappa shape index (κ1) is 16.6. The summed E-state index contributed by atoms with van der Waals surface area (Å²) in [5, 5.41) is 18.5. The van der Waals surface area contributed by atoms with Crippen LogP contribution in [-0.4, -0.2) is 25.6 Å². The number of hydrogen-bond donors (Lipinski definition) is 1. The molecule has 8 nitrogen and oxygen atoms in total. The number of pyridine rings is 1. The second-order valence-corrected chi connectivity index (χ2v) is 5.93. The number of nitrogens with zero attached hydrogens (tertiary/aromatic N) is 4. The predicted molar refractivity (Wildman–Crippen MR) is 92.2 cm³/mol. The van der Waals surface area contributed by atoms with Gasteiger partial charge in [-0.1, -0.05) is 12.1 Å². The number of aromatic nitrogens is 3. The Bertz CT molecular complexity index is 931. The van der Waals surface area contributed by atoms with Crippen LogP contribution >= 0.6 is 0 Å². The summed E-state index contributed by atoms with van der Waals surface area (Å²) in [6.45, 7) is 4.30. The van der Waals surface area contributed by atoms with Gasteiger partial charge in [0.15, 0.2) is 5.65 Å². The van der Waals surface area contributed by atoms with E-state index in [1.807, 2.05) is 13.8 Å². The van der Waals surface area contributed by atoms with Crippen molar-refractivity contribution in [1.29, 1.82) is 0 Å². The number of nitro benzene ring substituents is 1. The first-order chi connectivity index (χ1) is 12.0. The van der Waals surface area contributed by atoms with Crippen molar-refractivity contribution in [1.82, 2.24) is 20.1 Å². The molecule has 2 heterocycles. The largest absolute Gasteiger partial charge is 0.348 e. The Hall–Kier alpha value is -3.29. The van der Waals surface area contributed by atoms with Crippen molar-refractivity contribution in [2.24, 2.45) is 0 Å². The van der Waals surface area contributed by atoms with Gasteiger partial charge < -0.3 is 5.32 Å². The van der Waals surface area contributed by atoms with Gasteiger partial charge in [0.05, 0.1) is 16.7 Å². The molecule has 0 aliphatic rings. The number of carbonyl (C=O) groups is 1. The Labute approximate surface area is 143 Å². The molecule has 0 bridgehead atoms. The number of non-ortho nitro benzene ring substituents is 1. The maximum absolute atomic E-state index is 12.3. The minimum Gasteiger partial charge on any atom is -0.348 e. The van der Waals surface area contributed by atoms with Crippen LogP contribution in [-0.2, 0) is 6.54 Å². The number of benzene rings is 1. The SMILES string of the molecule is CC(C)n1ncc2cc(C(=O)NCc3ccc([N+](=O)[O-])cc3)cnc21. The van der Waals surface area contributed by atoms with Crippen LogP contribution in [0.5, 0.6) is 0 Å². The van der Waals surface area contributed by atoms with Crippen molar-refractivity contribution >= 4 is 22.6 Å². The van der Waals surface area contributed by atoms with Crippen molar-refractivity contribution in [2.45, 2.75) is 26.4 Å². The van der Waals surface area contributed by atoms with Crippen LogP contribution in [0.15, 0.2) is 42.7 Å². The molecule has 0 radical (unpaired) electrons. The second kappa shape index (κ2) is 6.68. The van der Waals surface area contributed by atoms with E-state index >= 15 is 0 Å². The van der Waals surface area contributed by atoms with Crippen LogP contribution < -0.4 is 5.32 Å². The summed E-state index contributed by atoms with van der Waals surface area (Å²) in [6.07, 6.45) is 3.21.